The van der Waals surface area contributed by atoms with Gasteiger partial charge in [0.05, 0.1) is 7.11 Å². The number of nitrogens with one attached hydrogen (secondary N) is 1. The van der Waals surface area contributed by atoms with Crippen molar-refractivity contribution in [2.45, 2.75) is 12.5 Å². The largest absolute Gasteiger partial charge is 0.467 e. The van der Waals surface area contributed by atoms with Gasteiger partial charge in [-0.3, -0.25) is 4.79 Å². The summed E-state index contributed by atoms with van der Waals surface area (Å²) in [5, 5.41) is 2.44. The maximum atomic E-state index is 13.2. The molecular weight excluding hydrogens is 384 g/mol. The molecule has 0 saturated heterocycles. The van der Waals surface area contributed by atoms with E-state index in [9.17, 15) is 18.4 Å². The molecule has 0 bridgehead atoms. The lowest BCUT2D eigenvalue weighted by Crippen LogP contribution is -2.43. The molecule has 2 aromatic carbocycles. The minimum atomic E-state index is -0.983. The van der Waals surface area contributed by atoms with Gasteiger partial charge < -0.3 is 10.1 Å². The lowest BCUT2D eigenvalue weighted by atomic mass is 10.1. The maximum Gasteiger partial charge on any atom is 0.328 e. The number of benzene rings is 2. The summed E-state index contributed by atoms with van der Waals surface area (Å²) in [5.74, 6) is -3.16. The molecule has 1 atom stereocenters. The molecule has 1 amide bonds. The summed E-state index contributed by atoms with van der Waals surface area (Å²) in [5.41, 5.74) is 0.571. The first kappa shape index (κ1) is 18.1. The van der Waals surface area contributed by atoms with Gasteiger partial charge in [0.15, 0.2) is 0 Å². The van der Waals surface area contributed by atoms with Gasteiger partial charge in [-0.15, -0.1) is 0 Å². The number of esters is 1. The Labute approximate surface area is 145 Å². The summed E-state index contributed by atoms with van der Waals surface area (Å²) >= 11 is 3.32. The van der Waals surface area contributed by atoms with Gasteiger partial charge in [-0.2, -0.15) is 0 Å². The van der Waals surface area contributed by atoms with Gasteiger partial charge in [-0.05, 0) is 29.8 Å². The van der Waals surface area contributed by atoms with Crippen LogP contribution < -0.4 is 5.32 Å². The molecule has 0 saturated carbocycles. The van der Waals surface area contributed by atoms with Gasteiger partial charge in [-0.1, -0.05) is 28.1 Å². The zero-order valence-corrected chi connectivity index (χ0v) is 14.3. The molecule has 2 rings (SSSR count). The predicted octanol–water partition coefficient (Wildman–Crippen LogP) is 3.24. The zero-order chi connectivity index (χ0) is 17.7. The Bertz CT molecular complexity index is 747. The van der Waals surface area contributed by atoms with Crippen LogP contribution in [0.15, 0.2) is 46.9 Å². The van der Waals surface area contributed by atoms with Gasteiger partial charge in [-0.25, -0.2) is 13.6 Å². The van der Waals surface area contributed by atoms with Gasteiger partial charge in [0.25, 0.3) is 5.91 Å². The second-order valence-electron chi connectivity index (χ2n) is 5.04. The Morgan fingerprint density at radius 2 is 1.83 bits per heavy atom. The molecule has 2 aromatic rings. The van der Waals surface area contributed by atoms with Crippen LogP contribution in [0.5, 0.6) is 0 Å². The van der Waals surface area contributed by atoms with E-state index in [1.54, 1.807) is 18.2 Å². The molecule has 1 N–H and O–H groups in total. The zero-order valence-electron chi connectivity index (χ0n) is 12.7. The summed E-state index contributed by atoms with van der Waals surface area (Å²) in [6, 6.07) is 8.66. The number of carbonyl (C=O) groups is 2. The van der Waals surface area contributed by atoms with E-state index in [-0.39, 0.29) is 12.0 Å². The topological polar surface area (TPSA) is 55.4 Å². The van der Waals surface area contributed by atoms with E-state index in [1.807, 2.05) is 6.07 Å². The standard InChI is InChI=1S/C17H14BrF2NO3/c1-24-17(23)15(6-10-3-2-4-12(18)5-10)21-16(22)11-7-13(19)9-14(20)8-11/h2-5,7-9,15H,6H2,1H3,(H,21,22)/t15-/m1/s1. The summed E-state index contributed by atoms with van der Waals surface area (Å²) in [7, 11) is 1.20. The lowest BCUT2D eigenvalue weighted by Gasteiger charge is -2.17. The normalized spacial score (nSPS) is 11.7. The molecule has 0 unspecified atom stereocenters. The van der Waals surface area contributed by atoms with Crippen molar-refractivity contribution in [1.82, 2.24) is 5.32 Å². The quantitative estimate of drug-likeness (QED) is 0.787. The van der Waals surface area contributed by atoms with Gasteiger partial charge >= 0.3 is 5.97 Å². The van der Waals surface area contributed by atoms with Crippen molar-refractivity contribution in [3.63, 3.8) is 0 Å². The van der Waals surface area contributed by atoms with Crippen molar-refractivity contribution in [1.29, 1.82) is 0 Å². The van der Waals surface area contributed by atoms with Crippen LogP contribution in [0.1, 0.15) is 15.9 Å². The molecule has 0 radical (unpaired) electrons. The summed E-state index contributed by atoms with van der Waals surface area (Å²) in [6.07, 6.45) is 0.176. The third kappa shape index (κ3) is 4.86. The van der Waals surface area contributed by atoms with Crippen LogP contribution in [0.3, 0.4) is 0 Å². The van der Waals surface area contributed by atoms with Crippen LogP contribution in [0.4, 0.5) is 8.78 Å². The first-order chi connectivity index (χ1) is 11.4. The number of hydrogen-bond donors (Lipinski definition) is 1. The van der Waals surface area contributed by atoms with E-state index < -0.39 is 29.6 Å². The molecule has 4 nitrogen and oxygen atoms in total. The van der Waals surface area contributed by atoms with E-state index >= 15 is 0 Å². The van der Waals surface area contributed by atoms with E-state index in [1.165, 1.54) is 7.11 Å². The molecule has 0 heterocycles. The predicted molar refractivity (Wildman–Crippen MR) is 87.5 cm³/mol. The molecule has 0 aliphatic rings. The van der Waals surface area contributed by atoms with E-state index in [2.05, 4.69) is 26.0 Å². The number of methoxy groups -OCH3 is 1. The van der Waals surface area contributed by atoms with Gasteiger partial charge in [0.2, 0.25) is 0 Å². The second-order valence-corrected chi connectivity index (χ2v) is 5.96. The number of halogens is 3. The van der Waals surface area contributed by atoms with E-state index in [4.69, 9.17) is 0 Å². The van der Waals surface area contributed by atoms with Crippen LogP contribution in [0.2, 0.25) is 0 Å². The van der Waals surface area contributed by atoms with Crippen molar-refractivity contribution < 1.29 is 23.1 Å². The minimum Gasteiger partial charge on any atom is -0.467 e. The molecule has 0 aromatic heterocycles. The average molecular weight is 398 g/mol. The number of amides is 1. The Morgan fingerprint density at radius 3 is 2.42 bits per heavy atom. The monoisotopic (exact) mass is 397 g/mol. The Morgan fingerprint density at radius 1 is 1.17 bits per heavy atom. The fourth-order valence-corrected chi connectivity index (χ4v) is 2.61. The summed E-state index contributed by atoms with van der Waals surface area (Å²) in [4.78, 5) is 24.1. The maximum absolute atomic E-state index is 13.2. The number of rotatable bonds is 5. The third-order valence-corrected chi connectivity index (χ3v) is 3.74. The fraction of sp³-hybridized carbons (Fsp3) is 0.176. The molecule has 0 spiro atoms. The minimum absolute atomic E-state index is 0.176. The molecule has 0 aliphatic heterocycles. The number of carbonyl (C=O) groups excluding carboxylic acids is 2. The number of hydrogen-bond acceptors (Lipinski definition) is 3. The molecule has 126 valence electrons. The molecule has 0 aliphatic carbocycles. The van der Waals surface area contributed by atoms with Crippen molar-refractivity contribution in [2.75, 3.05) is 7.11 Å². The number of ether oxygens (including phenoxy) is 1. The Hall–Kier alpha value is -2.28. The van der Waals surface area contributed by atoms with E-state index in [0.29, 0.717) is 6.07 Å². The first-order valence-electron chi connectivity index (χ1n) is 6.98. The highest BCUT2D eigenvalue weighted by Crippen LogP contribution is 2.14. The van der Waals surface area contributed by atoms with Gasteiger partial charge in [0, 0.05) is 22.5 Å². The van der Waals surface area contributed by atoms with Crippen LogP contribution in [-0.2, 0) is 16.0 Å². The van der Waals surface area contributed by atoms with Crippen molar-refractivity contribution >= 4 is 27.8 Å². The van der Waals surface area contributed by atoms with Crippen LogP contribution in [0.25, 0.3) is 0 Å². The molecule has 0 fully saturated rings. The Balaban J connectivity index is 2.19. The van der Waals surface area contributed by atoms with E-state index in [0.717, 1.165) is 22.2 Å². The highest BCUT2D eigenvalue weighted by atomic mass is 79.9. The van der Waals surface area contributed by atoms with Crippen molar-refractivity contribution in [2.24, 2.45) is 0 Å². The first-order valence-corrected chi connectivity index (χ1v) is 7.77. The third-order valence-electron chi connectivity index (χ3n) is 3.24. The molecular formula is C17H14BrF2NO3. The summed E-state index contributed by atoms with van der Waals surface area (Å²) < 4.78 is 32.0. The highest BCUT2D eigenvalue weighted by molar-refractivity contribution is 9.10. The van der Waals surface area contributed by atoms with Crippen LogP contribution >= 0.6 is 15.9 Å². The van der Waals surface area contributed by atoms with Crippen molar-refractivity contribution in [3.05, 3.63) is 69.7 Å². The van der Waals surface area contributed by atoms with Crippen LogP contribution in [-0.4, -0.2) is 25.0 Å². The Kier molecular flexibility index (Phi) is 6.03. The molecule has 7 heteroatoms. The smallest absolute Gasteiger partial charge is 0.328 e. The van der Waals surface area contributed by atoms with Crippen molar-refractivity contribution in [3.8, 4) is 0 Å². The van der Waals surface area contributed by atoms with Crippen LogP contribution in [0, 0.1) is 11.6 Å². The highest BCUT2D eigenvalue weighted by Gasteiger charge is 2.23. The molecule has 24 heavy (non-hydrogen) atoms. The fourth-order valence-electron chi connectivity index (χ4n) is 2.16. The van der Waals surface area contributed by atoms with Gasteiger partial charge in [0.1, 0.15) is 17.7 Å². The second kappa shape index (κ2) is 8.01. The summed E-state index contributed by atoms with van der Waals surface area (Å²) in [6.45, 7) is 0. The average Bonchev–Trinajstić information content (AvgIpc) is 2.52. The SMILES string of the molecule is COC(=O)[C@@H](Cc1cccc(Br)c1)NC(=O)c1cc(F)cc(F)c1. The lowest BCUT2D eigenvalue weighted by molar-refractivity contribution is -0.142.